The maximum absolute atomic E-state index is 13.1. The molecule has 0 aromatic heterocycles. The fourth-order valence-corrected chi connectivity index (χ4v) is 6.68. The molecule has 2 aromatic carbocycles. The molecule has 0 unspecified atom stereocenters. The molecule has 1 aliphatic heterocycles. The van der Waals surface area contributed by atoms with Crippen LogP contribution in [0.5, 0.6) is 0 Å². The molecular weight excluding hydrogens is 428 g/mol. The fourth-order valence-electron chi connectivity index (χ4n) is 3.70. The first kappa shape index (κ1) is 22.3. The summed E-state index contributed by atoms with van der Waals surface area (Å²) in [6.07, 6.45) is 2.59. The Bertz CT molecular complexity index is 1130. The zero-order valence-electron chi connectivity index (χ0n) is 16.6. The first-order valence-corrected chi connectivity index (χ1v) is 12.4. The first-order chi connectivity index (χ1) is 14.0. The van der Waals surface area contributed by atoms with E-state index in [2.05, 4.69) is 4.72 Å². The Balaban J connectivity index is 1.83. The van der Waals surface area contributed by atoms with Crippen molar-refractivity contribution in [1.29, 1.82) is 0 Å². The maximum Gasteiger partial charge on any atom is 0.335 e. The Labute approximate surface area is 176 Å². The number of nitrogens with zero attached hydrogens (tertiary/aromatic N) is 1. The Hall–Kier alpha value is -2.43. The van der Waals surface area contributed by atoms with Crippen LogP contribution < -0.4 is 4.72 Å². The minimum absolute atomic E-state index is 0.0962. The minimum atomic E-state index is -4.03. The number of hydrogen-bond donors (Lipinski definition) is 2. The quantitative estimate of drug-likeness (QED) is 0.695. The molecule has 0 aliphatic carbocycles. The maximum atomic E-state index is 13.1. The highest BCUT2D eigenvalue weighted by molar-refractivity contribution is 7.92. The molecule has 0 saturated carbocycles. The summed E-state index contributed by atoms with van der Waals surface area (Å²) < 4.78 is 55.1. The summed E-state index contributed by atoms with van der Waals surface area (Å²) in [7, 11) is -7.73. The smallest absolute Gasteiger partial charge is 0.335 e. The number of aromatic carboxylic acids is 1. The molecule has 1 fully saturated rings. The van der Waals surface area contributed by atoms with Crippen molar-refractivity contribution >= 4 is 31.7 Å². The number of benzene rings is 2. The van der Waals surface area contributed by atoms with Gasteiger partial charge in [-0.05, 0) is 69.2 Å². The Morgan fingerprint density at radius 2 is 1.57 bits per heavy atom. The largest absolute Gasteiger partial charge is 0.478 e. The van der Waals surface area contributed by atoms with E-state index in [9.17, 15) is 21.6 Å². The van der Waals surface area contributed by atoms with Crippen molar-refractivity contribution in [2.75, 3.05) is 4.72 Å². The second kappa shape index (κ2) is 8.37. The van der Waals surface area contributed by atoms with Gasteiger partial charge in [0.05, 0.1) is 15.4 Å². The summed E-state index contributed by atoms with van der Waals surface area (Å²) in [6.45, 7) is 3.78. The molecule has 1 saturated heterocycles. The van der Waals surface area contributed by atoms with E-state index in [1.54, 1.807) is 0 Å². The number of carbonyl (C=O) groups is 1. The van der Waals surface area contributed by atoms with Gasteiger partial charge in [0.2, 0.25) is 10.0 Å². The van der Waals surface area contributed by atoms with Gasteiger partial charge in [-0.3, -0.25) is 4.72 Å². The molecule has 1 aliphatic rings. The van der Waals surface area contributed by atoms with Crippen molar-refractivity contribution in [3.8, 4) is 0 Å². The van der Waals surface area contributed by atoms with E-state index < -0.39 is 26.0 Å². The number of hydrogen-bond acceptors (Lipinski definition) is 5. The van der Waals surface area contributed by atoms with Gasteiger partial charge in [0.15, 0.2) is 0 Å². The number of sulfonamides is 2. The van der Waals surface area contributed by atoms with Crippen LogP contribution in [0.3, 0.4) is 0 Å². The molecule has 10 heteroatoms. The van der Waals surface area contributed by atoms with Crippen LogP contribution in [0.15, 0.2) is 58.3 Å². The number of piperidine rings is 1. The lowest BCUT2D eigenvalue weighted by Crippen LogP contribution is -2.47. The average molecular weight is 453 g/mol. The van der Waals surface area contributed by atoms with Crippen LogP contribution in [0.25, 0.3) is 0 Å². The van der Waals surface area contributed by atoms with Crippen LogP contribution in [0, 0.1) is 0 Å². The highest BCUT2D eigenvalue weighted by Crippen LogP contribution is 2.30. The van der Waals surface area contributed by atoms with Crippen molar-refractivity contribution in [1.82, 2.24) is 4.31 Å². The van der Waals surface area contributed by atoms with Crippen molar-refractivity contribution < 1.29 is 26.7 Å². The second-order valence-electron chi connectivity index (χ2n) is 7.43. The van der Waals surface area contributed by atoms with Gasteiger partial charge in [-0.1, -0.05) is 12.5 Å². The van der Waals surface area contributed by atoms with Gasteiger partial charge in [-0.2, -0.15) is 4.31 Å². The van der Waals surface area contributed by atoms with Gasteiger partial charge in [0.25, 0.3) is 10.0 Å². The summed E-state index contributed by atoms with van der Waals surface area (Å²) in [5.41, 5.74) is 0.0264. The van der Waals surface area contributed by atoms with Crippen molar-refractivity contribution in [3.05, 3.63) is 54.1 Å². The third kappa shape index (κ3) is 4.50. The van der Waals surface area contributed by atoms with Crippen LogP contribution in [0.1, 0.15) is 43.5 Å². The molecule has 0 radical (unpaired) electrons. The predicted octanol–water partition coefficient (Wildman–Crippen LogP) is 3.14. The van der Waals surface area contributed by atoms with Gasteiger partial charge >= 0.3 is 5.97 Å². The summed E-state index contributed by atoms with van der Waals surface area (Å²) >= 11 is 0. The third-order valence-electron chi connectivity index (χ3n) is 5.19. The molecule has 2 N–H and O–H groups in total. The standard InChI is InChI=1S/C20H24N2O6S2/c1-14-5-3-6-15(2)22(14)30(27,28)18-11-9-17(10-12-18)21-29(25,26)19-8-4-7-16(13-19)20(23)24/h4,7-15,21H,3,5-6H2,1-2H3,(H,23,24)/t14-,15-/m1/s1. The Morgan fingerprint density at radius 3 is 2.13 bits per heavy atom. The summed E-state index contributed by atoms with van der Waals surface area (Å²) in [5, 5.41) is 9.04. The molecule has 162 valence electrons. The van der Waals surface area contributed by atoms with Gasteiger partial charge in [-0.25, -0.2) is 21.6 Å². The topological polar surface area (TPSA) is 121 Å². The molecule has 0 bridgehead atoms. The number of carboxylic acid groups (broad SMARTS) is 1. The highest BCUT2D eigenvalue weighted by atomic mass is 32.2. The lowest BCUT2D eigenvalue weighted by atomic mass is 10.0. The fraction of sp³-hybridized carbons (Fsp3) is 0.350. The van der Waals surface area contributed by atoms with Gasteiger partial charge in [-0.15, -0.1) is 0 Å². The molecule has 3 rings (SSSR count). The van der Waals surface area contributed by atoms with Crippen LogP contribution >= 0.6 is 0 Å². The number of carboxylic acids is 1. The molecule has 2 atom stereocenters. The molecule has 2 aromatic rings. The highest BCUT2D eigenvalue weighted by Gasteiger charge is 2.35. The minimum Gasteiger partial charge on any atom is -0.478 e. The Kier molecular flexibility index (Phi) is 6.21. The van der Waals surface area contributed by atoms with Crippen LogP contribution in [0.2, 0.25) is 0 Å². The van der Waals surface area contributed by atoms with Gasteiger partial charge < -0.3 is 5.11 Å². The summed E-state index contributed by atoms with van der Waals surface area (Å²) in [4.78, 5) is 11.0. The monoisotopic (exact) mass is 452 g/mol. The number of rotatable bonds is 6. The van der Waals surface area contributed by atoms with E-state index in [4.69, 9.17) is 5.11 Å². The van der Waals surface area contributed by atoms with Gasteiger partial charge in [0.1, 0.15) is 0 Å². The van der Waals surface area contributed by atoms with Crippen LogP contribution in [-0.4, -0.2) is 44.3 Å². The van der Waals surface area contributed by atoms with E-state index in [0.29, 0.717) is 0 Å². The summed E-state index contributed by atoms with van der Waals surface area (Å²) in [5.74, 6) is -1.23. The lowest BCUT2D eigenvalue weighted by molar-refractivity contribution is 0.0696. The number of anilines is 1. The van der Waals surface area contributed by atoms with E-state index in [-0.39, 0.29) is 33.1 Å². The normalized spacial score (nSPS) is 20.6. The Morgan fingerprint density at radius 1 is 0.967 bits per heavy atom. The SMILES string of the molecule is C[C@@H]1CCC[C@@H](C)N1S(=O)(=O)c1ccc(NS(=O)(=O)c2cccc(C(=O)O)c2)cc1. The number of nitrogens with one attached hydrogen (secondary N) is 1. The zero-order chi connectivity index (χ0) is 22.1. The molecule has 1 heterocycles. The lowest BCUT2D eigenvalue weighted by Gasteiger charge is -2.37. The van der Waals surface area contributed by atoms with E-state index >= 15 is 0 Å². The van der Waals surface area contributed by atoms with Crippen molar-refractivity contribution in [2.24, 2.45) is 0 Å². The molecule has 0 amide bonds. The molecule has 30 heavy (non-hydrogen) atoms. The first-order valence-electron chi connectivity index (χ1n) is 9.52. The van der Waals surface area contributed by atoms with Crippen LogP contribution in [-0.2, 0) is 20.0 Å². The van der Waals surface area contributed by atoms with E-state index in [1.807, 2.05) is 13.8 Å². The van der Waals surface area contributed by atoms with Gasteiger partial charge in [0, 0.05) is 17.8 Å². The molecule has 0 spiro atoms. The van der Waals surface area contributed by atoms with Crippen molar-refractivity contribution in [2.45, 2.75) is 55.0 Å². The average Bonchev–Trinajstić information content (AvgIpc) is 2.68. The second-order valence-corrected chi connectivity index (χ2v) is 11.0. The molecular formula is C20H24N2O6S2. The van der Waals surface area contributed by atoms with Crippen LogP contribution in [0.4, 0.5) is 5.69 Å². The third-order valence-corrected chi connectivity index (χ3v) is 8.71. The van der Waals surface area contributed by atoms with E-state index in [0.717, 1.165) is 25.3 Å². The molecule has 8 nitrogen and oxygen atoms in total. The van der Waals surface area contributed by atoms with E-state index in [1.165, 1.54) is 46.8 Å². The predicted molar refractivity (Wildman–Crippen MR) is 112 cm³/mol. The zero-order valence-corrected chi connectivity index (χ0v) is 18.3. The van der Waals surface area contributed by atoms with Crippen molar-refractivity contribution in [3.63, 3.8) is 0 Å². The summed E-state index contributed by atoms with van der Waals surface area (Å²) in [6, 6.07) is 10.3.